The molecule has 5 nitrogen and oxygen atoms in total. The molecule has 7 heteroatoms. The number of benzene rings is 1. The Balaban J connectivity index is 1.69. The van der Waals surface area contributed by atoms with Crippen molar-refractivity contribution in [1.29, 1.82) is 0 Å². The van der Waals surface area contributed by atoms with Crippen LogP contribution in [0.15, 0.2) is 30.5 Å². The van der Waals surface area contributed by atoms with Crippen molar-refractivity contribution in [2.45, 2.75) is 19.3 Å². The van der Waals surface area contributed by atoms with Crippen LogP contribution in [0.2, 0.25) is 0 Å². The number of nitrogens with zero attached hydrogens (tertiary/aromatic N) is 1. The fourth-order valence-corrected chi connectivity index (χ4v) is 2.55. The lowest BCUT2D eigenvalue weighted by Gasteiger charge is -2.05. The van der Waals surface area contributed by atoms with E-state index in [1.54, 1.807) is 0 Å². The second-order valence-corrected chi connectivity index (χ2v) is 5.72. The van der Waals surface area contributed by atoms with Gasteiger partial charge in [-0.15, -0.1) is 11.3 Å². The fourth-order valence-electron chi connectivity index (χ4n) is 1.75. The second kappa shape index (κ2) is 7.65. The minimum absolute atomic E-state index is 0.0214. The number of carbonyl (C=O) groups is 2. The molecule has 1 aromatic heterocycles. The Morgan fingerprint density at radius 1 is 1.27 bits per heavy atom. The summed E-state index contributed by atoms with van der Waals surface area (Å²) in [5.74, 6) is -0.266. The van der Waals surface area contributed by atoms with Gasteiger partial charge in [-0.05, 0) is 30.7 Å². The summed E-state index contributed by atoms with van der Waals surface area (Å²) >= 11 is 1.13. The molecular weight excluding hydrogens is 307 g/mol. The summed E-state index contributed by atoms with van der Waals surface area (Å²) in [6.45, 7) is 0.377. The van der Waals surface area contributed by atoms with Gasteiger partial charge in [-0.25, -0.2) is 9.37 Å². The van der Waals surface area contributed by atoms with Crippen molar-refractivity contribution in [3.63, 3.8) is 0 Å². The predicted octanol–water partition coefficient (Wildman–Crippen LogP) is 2.35. The molecule has 0 saturated carbocycles. The maximum Gasteiger partial charge on any atom is 0.260 e. The minimum atomic E-state index is -0.538. The normalized spacial score (nSPS) is 10.4. The Kier molecular flexibility index (Phi) is 5.60. The van der Waals surface area contributed by atoms with Gasteiger partial charge in [0.1, 0.15) is 27.2 Å². The molecule has 0 fully saturated rings. The number of hydrogen-bond acceptors (Lipinski definition) is 5. The van der Waals surface area contributed by atoms with Gasteiger partial charge in [-0.3, -0.25) is 9.59 Å². The van der Waals surface area contributed by atoms with E-state index in [0.29, 0.717) is 35.1 Å². The van der Waals surface area contributed by atoms with Crippen molar-refractivity contribution in [2.75, 3.05) is 6.61 Å². The number of amides is 1. The van der Waals surface area contributed by atoms with E-state index in [0.717, 1.165) is 11.3 Å². The zero-order valence-electron chi connectivity index (χ0n) is 11.8. The van der Waals surface area contributed by atoms with Gasteiger partial charge in [0, 0.05) is 6.42 Å². The van der Waals surface area contributed by atoms with Crippen molar-refractivity contribution in [1.82, 2.24) is 4.98 Å². The molecule has 2 rings (SSSR count). The largest absolute Gasteiger partial charge is 0.494 e. The van der Waals surface area contributed by atoms with E-state index in [-0.39, 0.29) is 18.0 Å². The first-order valence-corrected chi connectivity index (χ1v) is 7.51. The van der Waals surface area contributed by atoms with Crippen molar-refractivity contribution < 1.29 is 18.7 Å². The average molecular weight is 322 g/mol. The summed E-state index contributed by atoms with van der Waals surface area (Å²) in [4.78, 5) is 27.1. The van der Waals surface area contributed by atoms with Crippen LogP contribution in [-0.4, -0.2) is 23.3 Å². The molecular formula is C15H15FN2O3S. The van der Waals surface area contributed by atoms with E-state index >= 15 is 0 Å². The Hall–Kier alpha value is -2.28. The van der Waals surface area contributed by atoms with Gasteiger partial charge >= 0.3 is 0 Å². The molecule has 0 aliphatic carbocycles. The molecule has 1 amide bonds. The number of thiazole rings is 1. The number of aromatic nitrogens is 1. The predicted molar refractivity (Wildman–Crippen MR) is 80.5 cm³/mol. The molecule has 116 valence electrons. The van der Waals surface area contributed by atoms with Crippen LogP contribution in [0.4, 0.5) is 4.39 Å². The smallest absolute Gasteiger partial charge is 0.260 e. The lowest BCUT2D eigenvalue weighted by Crippen LogP contribution is -2.08. The molecule has 2 N–H and O–H groups in total. The summed E-state index contributed by atoms with van der Waals surface area (Å²) in [6.07, 6.45) is 2.48. The third kappa shape index (κ3) is 4.92. The fraction of sp³-hybridized carbons (Fsp3) is 0.267. The Morgan fingerprint density at radius 3 is 2.64 bits per heavy atom. The Labute approximate surface area is 130 Å². The van der Waals surface area contributed by atoms with Gasteiger partial charge < -0.3 is 10.5 Å². The number of primary amides is 1. The highest BCUT2D eigenvalue weighted by atomic mass is 32.1. The molecule has 0 aliphatic rings. The highest BCUT2D eigenvalue weighted by Crippen LogP contribution is 2.14. The van der Waals surface area contributed by atoms with E-state index in [4.69, 9.17) is 10.5 Å². The zero-order valence-corrected chi connectivity index (χ0v) is 12.6. The van der Waals surface area contributed by atoms with Crippen LogP contribution in [0, 0.1) is 5.82 Å². The van der Waals surface area contributed by atoms with Gasteiger partial charge in [0.05, 0.1) is 19.2 Å². The van der Waals surface area contributed by atoms with Crippen LogP contribution in [0.1, 0.15) is 27.5 Å². The molecule has 1 heterocycles. The third-order valence-corrected chi connectivity index (χ3v) is 3.84. The maximum absolute atomic E-state index is 12.7. The number of halogens is 1. The lowest BCUT2D eigenvalue weighted by molar-refractivity contribution is -0.118. The van der Waals surface area contributed by atoms with Crippen LogP contribution in [0.3, 0.4) is 0 Å². The minimum Gasteiger partial charge on any atom is -0.494 e. The van der Waals surface area contributed by atoms with E-state index in [1.165, 1.54) is 30.5 Å². The highest BCUT2D eigenvalue weighted by Gasteiger charge is 2.10. The second-order valence-electron chi connectivity index (χ2n) is 4.60. The lowest BCUT2D eigenvalue weighted by atomic mass is 10.2. The van der Waals surface area contributed by atoms with E-state index in [2.05, 4.69) is 4.98 Å². The molecule has 22 heavy (non-hydrogen) atoms. The monoisotopic (exact) mass is 322 g/mol. The van der Waals surface area contributed by atoms with Crippen molar-refractivity contribution in [2.24, 2.45) is 5.73 Å². The number of rotatable bonds is 8. The SMILES string of the molecule is NC(=O)c1cnc(CC(=O)CCCOc2ccc(F)cc2)s1. The number of hydrogen-bond donors (Lipinski definition) is 1. The third-order valence-electron chi connectivity index (χ3n) is 2.83. The first kappa shape index (κ1) is 16.1. The molecule has 1 aromatic carbocycles. The number of carbonyl (C=O) groups excluding carboxylic acids is 2. The van der Waals surface area contributed by atoms with Gasteiger partial charge in [0.25, 0.3) is 5.91 Å². The first-order chi connectivity index (χ1) is 10.5. The van der Waals surface area contributed by atoms with Gasteiger partial charge in [-0.1, -0.05) is 0 Å². The average Bonchev–Trinajstić information content (AvgIpc) is 2.94. The molecule has 0 atom stereocenters. The van der Waals surface area contributed by atoms with Crippen molar-refractivity contribution in [3.05, 3.63) is 46.2 Å². The number of Topliss-reactive ketones (excluding diaryl/α,β-unsaturated/α-hetero) is 1. The molecule has 0 spiro atoms. The molecule has 2 aromatic rings. The van der Waals surface area contributed by atoms with Gasteiger partial charge in [0.15, 0.2) is 0 Å². The van der Waals surface area contributed by atoms with Crippen LogP contribution in [-0.2, 0) is 11.2 Å². The standard InChI is InChI=1S/C15H15FN2O3S/c16-10-3-5-12(6-4-10)21-7-1-2-11(19)8-14-18-9-13(22-14)15(17)20/h3-6,9H,1-2,7-8H2,(H2,17,20). The number of nitrogens with two attached hydrogens (primary N) is 1. The van der Waals surface area contributed by atoms with Gasteiger partial charge in [-0.2, -0.15) is 0 Å². The Morgan fingerprint density at radius 2 is 2.00 bits per heavy atom. The quantitative estimate of drug-likeness (QED) is 0.756. The highest BCUT2D eigenvalue weighted by molar-refractivity contribution is 7.13. The summed E-state index contributed by atoms with van der Waals surface area (Å²) in [5, 5.41) is 0.582. The van der Waals surface area contributed by atoms with Crippen LogP contribution >= 0.6 is 11.3 Å². The van der Waals surface area contributed by atoms with Crippen molar-refractivity contribution in [3.8, 4) is 5.75 Å². The topological polar surface area (TPSA) is 82.3 Å². The molecule has 0 saturated heterocycles. The van der Waals surface area contributed by atoms with E-state index in [9.17, 15) is 14.0 Å². The van der Waals surface area contributed by atoms with E-state index in [1.807, 2.05) is 0 Å². The van der Waals surface area contributed by atoms with Crippen LogP contribution in [0.25, 0.3) is 0 Å². The molecule has 0 aliphatic heterocycles. The number of ether oxygens (including phenoxy) is 1. The maximum atomic E-state index is 12.7. The summed E-state index contributed by atoms with van der Waals surface area (Å²) in [7, 11) is 0. The first-order valence-electron chi connectivity index (χ1n) is 6.69. The number of ketones is 1. The molecule has 0 radical (unpaired) electrons. The summed E-state index contributed by atoms with van der Waals surface area (Å²) in [5.41, 5.74) is 5.13. The van der Waals surface area contributed by atoms with Crippen LogP contribution < -0.4 is 10.5 Å². The zero-order chi connectivity index (χ0) is 15.9. The summed E-state index contributed by atoms with van der Waals surface area (Å²) in [6, 6.07) is 5.72. The van der Waals surface area contributed by atoms with Gasteiger partial charge in [0.2, 0.25) is 0 Å². The molecule has 0 unspecified atom stereocenters. The van der Waals surface area contributed by atoms with E-state index < -0.39 is 5.91 Å². The molecule has 0 bridgehead atoms. The van der Waals surface area contributed by atoms with Crippen molar-refractivity contribution >= 4 is 23.0 Å². The van der Waals surface area contributed by atoms with Crippen LogP contribution in [0.5, 0.6) is 5.75 Å². The summed E-state index contributed by atoms with van der Waals surface area (Å²) < 4.78 is 18.1. The Bertz CT molecular complexity index is 655.